The van der Waals surface area contributed by atoms with E-state index < -0.39 is 23.2 Å². The van der Waals surface area contributed by atoms with Gasteiger partial charge in [0.1, 0.15) is 11.4 Å². The fraction of sp³-hybridized carbons (Fsp3) is 0.357. The second kappa shape index (κ2) is 4.28. The average Bonchev–Trinajstić information content (AvgIpc) is 2.73. The first-order valence-electron chi connectivity index (χ1n) is 6.57. The van der Waals surface area contributed by atoms with E-state index in [1.807, 2.05) is 0 Å². The van der Waals surface area contributed by atoms with E-state index in [2.05, 4.69) is 5.32 Å². The van der Waals surface area contributed by atoms with Crippen molar-refractivity contribution in [3.8, 4) is 0 Å². The van der Waals surface area contributed by atoms with Crippen LogP contribution in [0.15, 0.2) is 12.1 Å². The van der Waals surface area contributed by atoms with Crippen LogP contribution in [0.2, 0.25) is 0 Å². The maximum absolute atomic E-state index is 13.4. The maximum Gasteiger partial charge on any atom is 0.255 e. The van der Waals surface area contributed by atoms with Crippen LogP contribution in [-0.2, 0) is 16.1 Å². The summed E-state index contributed by atoms with van der Waals surface area (Å²) < 4.78 is 13.4. The summed E-state index contributed by atoms with van der Waals surface area (Å²) in [7, 11) is 0. The van der Waals surface area contributed by atoms with Crippen molar-refractivity contribution in [3.63, 3.8) is 0 Å². The molecular weight excluding hydrogens is 277 g/mol. The molecule has 2 heterocycles. The molecule has 110 valence electrons. The summed E-state index contributed by atoms with van der Waals surface area (Å²) in [5.74, 6) is -1.90. The lowest BCUT2D eigenvalue weighted by molar-refractivity contribution is -0.142. The first kappa shape index (κ1) is 13.5. The van der Waals surface area contributed by atoms with Crippen LogP contribution >= 0.6 is 0 Å². The summed E-state index contributed by atoms with van der Waals surface area (Å²) in [4.78, 5) is 37.2. The molecule has 6 nitrogen and oxygen atoms in total. The van der Waals surface area contributed by atoms with Gasteiger partial charge in [-0.3, -0.25) is 19.7 Å². The number of nitrogens with zero attached hydrogens (tertiary/aromatic N) is 1. The van der Waals surface area contributed by atoms with E-state index in [0.717, 1.165) is 12.1 Å². The van der Waals surface area contributed by atoms with Gasteiger partial charge in [0.15, 0.2) is 0 Å². The molecule has 3 N–H and O–H groups in total. The molecule has 1 aromatic carbocycles. The van der Waals surface area contributed by atoms with Crippen molar-refractivity contribution in [2.75, 3.05) is 5.73 Å². The number of carbonyl (C=O) groups is 3. The van der Waals surface area contributed by atoms with E-state index in [-0.39, 0.29) is 36.5 Å². The Morgan fingerprint density at radius 3 is 2.71 bits per heavy atom. The Hall–Kier alpha value is -2.44. The number of hydrogen-bond acceptors (Lipinski definition) is 4. The van der Waals surface area contributed by atoms with Gasteiger partial charge in [0.25, 0.3) is 11.8 Å². The predicted octanol–water partition coefficient (Wildman–Crippen LogP) is 0.559. The first-order chi connectivity index (χ1) is 9.83. The topological polar surface area (TPSA) is 92.5 Å². The Labute approximate surface area is 120 Å². The standard InChI is InChI=1S/C14H14FN3O3/c1-14(3-2-11(19)17-13(14)21)18-6-9-8(12(18)20)4-7(15)5-10(9)16/h4-5H,2-3,6,16H2,1H3,(H,17,19,21). The molecule has 0 aromatic heterocycles. The molecule has 21 heavy (non-hydrogen) atoms. The van der Waals surface area contributed by atoms with Gasteiger partial charge in [-0.25, -0.2) is 4.39 Å². The number of nitrogens with two attached hydrogens (primary N) is 1. The minimum atomic E-state index is -1.13. The number of rotatable bonds is 1. The molecule has 0 radical (unpaired) electrons. The molecule has 0 saturated carbocycles. The highest BCUT2D eigenvalue weighted by Gasteiger charge is 2.48. The third-order valence-electron chi connectivity index (χ3n) is 4.22. The van der Waals surface area contributed by atoms with Crippen molar-refractivity contribution in [2.24, 2.45) is 0 Å². The second-order valence-corrected chi connectivity index (χ2v) is 5.56. The number of nitrogens with one attached hydrogen (secondary N) is 1. The number of piperidine rings is 1. The third-order valence-corrected chi connectivity index (χ3v) is 4.22. The van der Waals surface area contributed by atoms with Crippen molar-refractivity contribution in [1.29, 1.82) is 0 Å². The molecule has 2 aliphatic rings. The zero-order chi connectivity index (χ0) is 15.4. The number of benzene rings is 1. The first-order valence-corrected chi connectivity index (χ1v) is 6.57. The fourth-order valence-corrected chi connectivity index (χ4v) is 2.85. The number of imide groups is 1. The number of anilines is 1. The minimum absolute atomic E-state index is 0.137. The van der Waals surface area contributed by atoms with Gasteiger partial charge in [-0.2, -0.15) is 0 Å². The van der Waals surface area contributed by atoms with E-state index in [0.29, 0.717) is 5.56 Å². The Kier molecular flexibility index (Phi) is 2.76. The summed E-state index contributed by atoms with van der Waals surface area (Å²) >= 11 is 0. The highest BCUT2D eigenvalue weighted by molar-refractivity contribution is 6.07. The summed E-state index contributed by atoms with van der Waals surface area (Å²) in [6.07, 6.45) is 0.395. The Balaban J connectivity index is 2.00. The van der Waals surface area contributed by atoms with Crippen LogP contribution in [-0.4, -0.2) is 28.2 Å². The van der Waals surface area contributed by atoms with E-state index in [4.69, 9.17) is 5.73 Å². The highest BCUT2D eigenvalue weighted by atomic mass is 19.1. The largest absolute Gasteiger partial charge is 0.398 e. The van der Waals surface area contributed by atoms with Crippen LogP contribution in [0, 0.1) is 5.82 Å². The van der Waals surface area contributed by atoms with Gasteiger partial charge in [-0.15, -0.1) is 0 Å². The van der Waals surface area contributed by atoms with Gasteiger partial charge < -0.3 is 10.6 Å². The fourth-order valence-electron chi connectivity index (χ4n) is 2.85. The second-order valence-electron chi connectivity index (χ2n) is 5.56. The normalized spacial score (nSPS) is 25.0. The van der Waals surface area contributed by atoms with Crippen LogP contribution in [0.4, 0.5) is 10.1 Å². The molecule has 1 fully saturated rings. The van der Waals surface area contributed by atoms with Gasteiger partial charge in [-0.05, 0) is 25.5 Å². The summed E-state index contributed by atoms with van der Waals surface area (Å²) in [6, 6.07) is 2.28. The predicted molar refractivity (Wildman–Crippen MR) is 71.5 cm³/mol. The monoisotopic (exact) mass is 291 g/mol. The molecule has 0 aliphatic carbocycles. The number of carbonyl (C=O) groups excluding carboxylic acids is 3. The number of hydrogen-bond donors (Lipinski definition) is 2. The lowest BCUT2D eigenvalue weighted by Gasteiger charge is -2.39. The van der Waals surface area contributed by atoms with Crippen molar-refractivity contribution < 1.29 is 18.8 Å². The summed E-state index contributed by atoms with van der Waals surface area (Å²) in [5.41, 5.74) is 5.51. The van der Waals surface area contributed by atoms with E-state index in [1.165, 1.54) is 4.90 Å². The lowest BCUT2D eigenvalue weighted by Crippen LogP contribution is -2.61. The van der Waals surface area contributed by atoms with E-state index in [9.17, 15) is 18.8 Å². The van der Waals surface area contributed by atoms with Gasteiger partial charge in [0.2, 0.25) is 5.91 Å². The van der Waals surface area contributed by atoms with Crippen LogP contribution in [0.5, 0.6) is 0 Å². The quantitative estimate of drug-likeness (QED) is 0.584. The smallest absolute Gasteiger partial charge is 0.255 e. The molecule has 0 bridgehead atoms. The van der Waals surface area contributed by atoms with Gasteiger partial charge in [0.05, 0.1) is 0 Å². The molecule has 1 unspecified atom stereocenters. The van der Waals surface area contributed by atoms with Crippen LogP contribution in [0.25, 0.3) is 0 Å². The zero-order valence-electron chi connectivity index (χ0n) is 11.4. The molecule has 1 aromatic rings. The molecule has 1 saturated heterocycles. The molecule has 7 heteroatoms. The summed E-state index contributed by atoms with van der Waals surface area (Å²) in [6.45, 7) is 1.74. The molecular formula is C14H14FN3O3. The van der Waals surface area contributed by atoms with Gasteiger partial charge >= 0.3 is 0 Å². The van der Waals surface area contributed by atoms with Crippen molar-refractivity contribution >= 4 is 23.4 Å². The minimum Gasteiger partial charge on any atom is -0.398 e. The van der Waals surface area contributed by atoms with Crippen molar-refractivity contribution in [3.05, 3.63) is 29.1 Å². The number of fused-ring (bicyclic) bond motifs is 1. The Morgan fingerprint density at radius 2 is 2.05 bits per heavy atom. The number of amides is 3. The summed E-state index contributed by atoms with van der Waals surface area (Å²) in [5, 5.41) is 2.24. The SMILES string of the molecule is CC1(N2Cc3c(N)cc(F)cc3C2=O)CCC(=O)NC1=O. The molecule has 1 atom stereocenters. The average molecular weight is 291 g/mol. The Morgan fingerprint density at radius 1 is 1.33 bits per heavy atom. The Bertz CT molecular complexity index is 688. The number of nitrogen functional groups attached to an aromatic ring is 1. The van der Waals surface area contributed by atoms with E-state index in [1.54, 1.807) is 6.92 Å². The van der Waals surface area contributed by atoms with E-state index >= 15 is 0 Å². The van der Waals surface area contributed by atoms with Gasteiger partial charge in [-0.1, -0.05) is 0 Å². The zero-order valence-corrected chi connectivity index (χ0v) is 11.4. The third kappa shape index (κ3) is 1.88. The molecule has 3 amide bonds. The van der Waals surface area contributed by atoms with Crippen LogP contribution < -0.4 is 11.1 Å². The molecule has 2 aliphatic heterocycles. The lowest BCUT2D eigenvalue weighted by atomic mass is 9.89. The van der Waals surface area contributed by atoms with Crippen LogP contribution in [0.3, 0.4) is 0 Å². The molecule has 0 spiro atoms. The highest BCUT2D eigenvalue weighted by Crippen LogP contribution is 2.36. The number of halogens is 1. The van der Waals surface area contributed by atoms with Crippen molar-refractivity contribution in [1.82, 2.24) is 10.2 Å². The molecule has 3 rings (SSSR count). The van der Waals surface area contributed by atoms with Gasteiger partial charge in [0, 0.05) is 29.8 Å². The maximum atomic E-state index is 13.4. The van der Waals surface area contributed by atoms with Crippen molar-refractivity contribution in [2.45, 2.75) is 31.8 Å². The van der Waals surface area contributed by atoms with Crippen LogP contribution in [0.1, 0.15) is 35.7 Å².